The first-order valence-electron chi connectivity index (χ1n) is 8.96. The van der Waals surface area contributed by atoms with Crippen molar-refractivity contribution in [2.24, 2.45) is 0 Å². The molecule has 1 atom stereocenters. The fraction of sp³-hybridized carbons (Fsp3) is 0.611. The number of esters is 1. The zero-order chi connectivity index (χ0) is 17.8. The Balaban J connectivity index is 1.51. The highest BCUT2D eigenvalue weighted by Gasteiger charge is 2.26. The number of nitrogens with one attached hydrogen (secondary N) is 2. The second-order valence-electron chi connectivity index (χ2n) is 6.75. The summed E-state index contributed by atoms with van der Waals surface area (Å²) in [6, 6.07) is -0.393. The van der Waals surface area contributed by atoms with Crippen molar-refractivity contribution < 1.29 is 19.1 Å². The van der Waals surface area contributed by atoms with Crippen molar-refractivity contribution in [1.82, 2.24) is 10.6 Å². The van der Waals surface area contributed by atoms with Crippen molar-refractivity contribution >= 4 is 29.2 Å². The summed E-state index contributed by atoms with van der Waals surface area (Å²) in [5, 5.41) is 6.85. The van der Waals surface area contributed by atoms with Gasteiger partial charge in [0.25, 0.3) is 5.91 Å². The summed E-state index contributed by atoms with van der Waals surface area (Å²) in [4.78, 5) is 37.5. The number of carbonyl (C=O) groups excluding carboxylic acids is 3. The maximum Gasteiger partial charge on any atom is 0.340 e. The van der Waals surface area contributed by atoms with Crippen molar-refractivity contribution in [2.45, 2.75) is 70.4 Å². The fourth-order valence-corrected chi connectivity index (χ4v) is 4.56. The lowest BCUT2D eigenvalue weighted by molar-refractivity contribution is -0.127. The van der Waals surface area contributed by atoms with Crippen LogP contribution in [0.2, 0.25) is 0 Å². The number of ether oxygens (including phenoxy) is 1. The Bertz CT molecular complexity index is 664. The van der Waals surface area contributed by atoms with Gasteiger partial charge in [-0.1, -0.05) is 12.8 Å². The molecule has 6 nitrogen and oxygen atoms in total. The van der Waals surface area contributed by atoms with E-state index in [0.717, 1.165) is 56.9 Å². The van der Waals surface area contributed by atoms with Gasteiger partial charge in [0.15, 0.2) is 6.10 Å². The summed E-state index contributed by atoms with van der Waals surface area (Å²) < 4.78 is 5.27. The Morgan fingerprint density at radius 1 is 1.16 bits per heavy atom. The van der Waals surface area contributed by atoms with Gasteiger partial charge in [-0.3, -0.25) is 10.1 Å². The van der Waals surface area contributed by atoms with E-state index in [2.05, 4.69) is 10.6 Å². The van der Waals surface area contributed by atoms with Gasteiger partial charge in [-0.2, -0.15) is 0 Å². The van der Waals surface area contributed by atoms with E-state index in [4.69, 9.17) is 4.74 Å². The van der Waals surface area contributed by atoms with Gasteiger partial charge in [0.2, 0.25) is 0 Å². The zero-order valence-corrected chi connectivity index (χ0v) is 15.2. The lowest BCUT2D eigenvalue weighted by Crippen LogP contribution is -2.47. The van der Waals surface area contributed by atoms with E-state index in [1.165, 1.54) is 11.8 Å². The largest absolute Gasteiger partial charge is 0.449 e. The Morgan fingerprint density at radius 3 is 2.64 bits per heavy atom. The smallest absolute Gasteiger partial charge is 0.340 e. The molecule has 0 saturated heterocycles. The third-order valence-electron chi connectivity index (χ3n) is 4.86. The minimum atomic E-state index is -1.01. The predicted molar refractivity (Wildman–Crippen MR) is 94.8 cm³/mol. The van der Waals surface area contributed by atoms with Crippen LogP contribution >= 0.6 is 11.3 Å². The summed E-state index contributed by atoms with van der Waals surface area (Å²) in [7, 11) is 0. The molecule has 1 fully saturated rings. The zero-order valence-electron chi connectivity index (χ0n) is 14.4. The van der Waals surface area contributed by atoms with Crippen LogP contribution in [-0.2, 0) is 22.4 Å². The Kier molecular flexibility index (Phi) is 5.73. The van der Waals surface area contributed by atoms with E-state index in [9.17, 15) is 14.4 Å². The molecule has 7 heteroatoms. The fourth-order valence-electron chi connectivity index (χ4n) is 3.45. The molecular weight excluding hydrogens is 340 g/mol. The topological polar surface area (TPSA) is 84.5 Å². The summed E-state index contributed by atoms with van der Waals surface area (Å²) >= 11 is 1.58. The van der Waals surface area contributed by atoms with E-state index in [-0.39, 0.29) is 6.04 Å². The van der Waals surface area contributed by atoms with Crippen LogP contribution in [0.15, 0.2) is 5.38 Å². The molecule has 1 aromatic heterocycles. The van der Waals surface area contributed by atoms with E-state index in [1.807, 2.05) is 5.38 Å². The number of thiophene rings is 1. The minimum absolute atomic E-state index is 0.128. The molecule has 3 rings (SSSR count). The number of hydrogen-bond donors (Lipinski definition) is 2. The molecule has 25 heavy (non-hydrogen) atoms. The molecule has 0 aromatic carbocycles. The molecule has 2 N–H and O–H groups in total. The van der Waals surface area contributed by atoms with Crippen molar-refractivity contribution in [1.29, 1.82) is 0 Å². The molecule has 1 aromatic rings. The number of hydrogen-bond acceptors (Lipinski definition) is 5. The first-order valence-corrected chi connectivity index (χ1v) is 9.84. The molecule has 3 amide bonds. The minimum Gasteiger partial charge on any atom is -0.449 e. The van der Waals surface area contributed by atoms with Crippen molar-refractivity contribution in [3.05, 3.63) is 21.4 Å². The first kappa shape index (κ1) is 17.9. The number of amides is 3. The van der Waals surface area contributed by atoms with Crippen molar-refractivity contribution in [3.63, 3.8) is 0 Å². The molecule has 0 aliphatic heterocycles. The van der Waals surface area contributed by atoms with Gasteiger partial charge in [0.05, 0.1) is 5.56 Å². The van der Waals surface area contributed by atoms with Gasteiger partial charge in [-0.25, -0.2) is 9.59 Å². The Labute approximate surface area is 151 Å². The van der Waals surface area contributed by atoms with Crippen LogP contribution in [-0.4, -0.2) is 30.1 Å². The van der Waals surface area contributed by atoms with Crippen LogP contribution < -0.4 is 10.6 Å². The van der Waals surface area contributed by atoms with Gasteiger partial charge in [-0.15, -0.1) is 11.3 Å². The molecule has 1 unspecified atom stereocenters. The second-order valence-corrected chi connectivity index (χ2v) is 7.71. The summed E-state index contributed by atoms with van der Waals surface area (Å²) in [5.74, 6) is -1.09. The maximum atomic E-state index is 12.4. The average Bonchev–Trinajstić information content (AvgIpc) is 3.23. The number of aryl methyl sites for hydroxylation is 1. The predicted octanol–water partition coefficient (Wildman–Crippen LogP) is 2.94. The van der Waals surface area contributed by atoms with E-state index < -0.39 is 24.0 Å². The van der Waals surface area contributed by atoms with E-state index >= 15 is 0 Å². The second kappa shape index (κ2) is 7.99. The average molecular weight is 364 g/mol. The number of carbonyl (C=O) groups is 3. The molecule has 0 spiro atoms. The normalized spacial score (nSPS) is 18.3. The van der Waals surface area contributed by atoms with Crippen LogP contribution in [0.25, 0.3) is 0 Å². The molecule has 136 valence electrons. The quantitative estimate of drug-likeness (QED) is 0.805. The summed E-state index contributed by atoms with van der Waals surface area (Å²) in [6.07, 6.45) is 7.16. The summed E-state index contributed by atoms with van der Waals surface area (Å²) in [5.41, 5.74) is 1.63. The Morgan fingerprint density at radius 2 is 1.88 bits per heavy atom. The molecular formula is C18H24N2O4S. The summed E-state index contributed by atoms with van der Waals surface area (Å²) in [6.45, 7) is 1.48. The van der Waals surface area contributed by atoms with Gasteiger partial charge >= 0.3 is 12.0 Å². The SMILES string of the molecule is CC(OC(=O)c1csc2c1CCCC2)C(=O)NC(=O)NC1CCCC1. The first-order chi connectivity index (χ1) is 12.0. The van der Waals surface area contributed by atoms with Crippen molar-refractivity contribution in [3.8, 4) is 0 Å². The molecule has 1 heterocycles. The standard InChI is InChI=1S/C18H24N2O4S/c1-11(16(21)20-18(23)19-12-6-2-3-7-12)24-17(22)14-10-25-15-9-5-4-8-13(14)15/h10-12H,2-9H2,1H3,(H2,19,20,21,23). The lowest BCUT2D eigenvalue weighted by Gasteiger charge is -2.16. The van der Waals surface area contributed by atoms with E-state index in [0.29, 0.717) is 5.56 Å². The maximum absolute atomic E-state index is 12.4. The molecule has 1 saturated carbocycles. The van der Waals surface area contributed by atoms with Crippen LogP contribution in [0, 0.1) is 0 Å². The van der Waals surface area contributed by atoms with Gasteiger partial charge in [0.1, 0.15) is 0 Å². The third kappa shape index (κ3) is 4.39. The van der Waals surface area contributed by atoms with Crippen LogP contribution in [0.1, 0.15) is 66.2 Å². The number of urea groups is 1. The molecule has 0 radical (unpaired) electrons. The lowest BCUT2D eigenvalue weighted by atomic mass is 9.96. The molecule has 0 bridgehead atoms. The van der Waals surface area contributed by atoms with Gasteiger partial charge in [-0.05, 0) is 51.0 Å². The van der Waals surface area contributed by atoms with Gasteiger partial charge in [0, 0.05) is 16.3 Å². The van der Waals surface area contributed by atoms with Crippen LogP contribution in [0.4, 0.5) is 4.79 Å². The third-order valence-corrected chi connectivity index (χ3v) is 5.95. The van der Waals surface area contributed by atoms with Crippen LogP contribution in [0.5, 0.6) is 0 Å². The molecule has 2 aliphatic rings. The highest BCUT2D eigenvalue weighted by Crippen LogP contribution is 2.30. The number of rotatable bonds is 4. The van der Waals surface area contributed by atoms with Gasteiger partial charge < -0.3 is 10.1 Å². The Hall–Kier alpha value is -1.89. The van der Waals surface area contributed by atoms with Crippen LogP contribution in [0.3, 0.4) is 0 Å². The number of fused-ring (bicyclic) bond motifs is 1. The van der Waals surface area contributed by atoms with Crippen molar-refractivity contribution in [2.75, 3.05) is 0 Å². The number of imide groups is 1. The van der Waals surface area contributed by atoms with E-state index in [1.54, 1.807) is 11.3 Å². The monoisotopic (exact) mass is 364 g/mol. The molecule has 2 aliphatic carbocycles. The highest BCUT2D eigenvalue weighted by molar-refractivity contribution is 7.10. The highest BCUT2D eigenvalue weighted by atomic mass is 32.1.